The van der Waals surface area contributed by atoms with Gasteiger partial charge in [0.2, 0.25) is 0 Å². The van der Waals surface area contributed by atoms with E-state index in [9.17, 15) is 0 Å². The highest BCUT2D eigenvalue weighted by molar-refractivity contribution is 4.92. The van der Waals surface area contributed by atoms with Gasteiger partial charge in [0.05, 0.1) is 13.7 Å². The Hall–Kier alpha value is -0.500. The Morgan fingerprint density at radius 3 is 2.50 bits per heavy atom. The summed E-state index contributed by atoms with van der Waals surface area (Å²) < 4.78 is 4.88. The van der Waals surface area contributed by atoms with Crippen molar-refractivity contribution in [1.29, 1.82) is 0 Å². The lowest BCUT2D eigenvalue weighted by Crippen LogP contribution is -2.04. The van der Waals surface area contributed by atoms with E-state index < -0.39 is 0 Å². The summed E-state index contributed by atoms with van der Waals surface area (Å²) in [5.41, 5.74) is 5.28. The van der Waals surface area contributed by atoms with Crippen LogP contribution in [0, 0.1) is 0 Å². The number of hydrogen-bond donors (Lipinski definition) is 1. The zero-order valence-electron chi connectivity index (χ0n) is 5.48. The first-order valence-electron chi connectivity index (χ1n) is 2.78. The van der Waals surface area contributed by atoms with Crippen LogP contribution in [0.1, 0.15) is 13.3 Å². The molecule has 0 aliphatic rings. The molecule has 0 bridgehead atoms. The van der Waals surface area contributed by atoms with Crippen molar-refractivity contribution < 1.29 is 4.74 Å². The Morgan fingerprint density at radius 1 is 1.75 bits per heavy atom. The van der Waals surface area contributed by atoms with Gasteiger partial charge < -0.3 is 10.5 Å². The number of methoxy groups -OCH3 is 1. The van der Waals surface area contributed by atoms with Gasteiger partial charge in [-0.2, -0.15) is 0 Å². The number of nitrogens with two attached hydrogens (primary N) is 1. The van der Waals surface area contributed by atoms with E-state index in [0.717, 1.165) is 12.2 Å². The van der Waals surface area contributed by atoms with Crippen LogP contribution < -0.4 is 5.73 Å². The molecule has 0 saturated carbocycles. The second kappa shape index (κ2) is 4.65. The molecular weight excluding hydrogens is 102 g/mol. The van der Waals surface area contributed by atoms with Gasteiger partial charge in [-0.3, -0.25) is 0 Å². The van der Waals surface area contributed by atoms with Gasteiger partial charge >= 0.3 is 0 Å². The minimum Gasteiger partial charge on any atom is -0.500 e. The van der Waals surface area contributed by atoms with Crippen LogP contribution in [0.25, 0.3) is 0 Å². The fraction of sp³-hybridized carbons (Fsp3) is 0.667. The Labute approximate surface area is 50.3 Å². The van der Waals surface area contributed by atoms with Crippen LogP contribution in [-0.2, 0) is 4.74 Å². The summed E-state index contributed by atoms with van der Waals surface area (Å²) >= 11 is 0. The van der Waals surface area contributed by atoms with Gasteiger partial charge in [-0.1, -0.05) is 6.92 Å². The van der Waals surface area contributed by atoms with E-state index >= 15 is 0 Å². The van der Waals surface area contributed by atoms with E-state index in [4.69, 9.17) is 10.5 Å². The molecule has 0 fully saturated rings. The molecule has 0 atom stereocenters. The zero-order chi connectivity index (χ0) is 6.41. The highest BCUT2D eigenvalue weighted by Crippen LogP contribution is 1.92. The van der Waals surface area contributed by atoms with Gasteiger partial charge in [-0.05, 0) is 12.5 Å². The molecule has 48 valence electrons. The van der Waals surface area contributed by atoms with Crippen molar-refractivity contribution in [3.05, 3.63) is 11.8 Å². The first kappa shape index (κ1) is 7.50. The maximum Gasteiger partial charge on any atom is 0.105 e. The van der Waals surface area contributed by atoms with Crippen LogP contribution in [0.5, 0.6) is 0 Å². The van der Waals surface area contributed by atoms with Gasteiger partial charge in [0.25, 0.3) is 0 Å². The highest BCUT2D eigenvalue weighted by atomic mass is 16.5. The van der Waals surface area contributed by atoms with Gasteiger partial charge in [0.1, 0.15) is 5.76 Å². The monoisotopic (exact) mass is 115 g/mol. The fourth-order valence-electron chi connectivity index (χ4n) is 0.478. The third kappa shape index (κ3) is 2.64. The Kier molecular flexibility index (Phi) is 4.36. The number of rotatable bonds is 3. The topological polar surface area (TPSA) is 35.2 Å². The van der Waals surface area contributed by atoms with E-state index in [1.54, 1.807) is 7.11 Å². The normalized spacial score (nSPS) is 11.6. The molecule has 0 amide bonds. The zero-order valence-corrected chi connectivity index (χ0v) is 5.48. The van der Waals surface area contributed by atoms with Crippen molar-refractivity contribution in [3.63, 3.8) is 0 Å². The second-order valence-electron chi connectivity index (χ2n) is 1.49. The minimum absolute atomic E-state index is 0.504. The molecule has 0 heterocycles. The summed E-state index contributed by atoms with van der Waals surface area (Å²) in [5.74, 6) is 0.868. The second-order valence-corrected chi connectivity index (χ2v) is 1.49. The maximum absolute atomic E-state index is 5.28. The van der Waals surface area contributed by atoms with E-state index in [2.05, 4.69) is 6.92 Å². The molecule has 0 saturated heterocycles. The SMILES string of the molecule is CC/C=C(/CN)OC. The average molecular weight is 115 g/mol. The Morgan fingerprint density at radius 2 is 2.38 bits per heavy atom. The first-order chi connectivity index (χ1) is 3.85. The molecule has 8 heavy (non-hydrogen) atoms. The molecule has 0 rings (SSSR count). The third-order valence-electron chi connectivity index (χ3n) is 0.895. The van der Waals surface area contributed by atoms with Crippen molar-refractivity contribution in [2.75, 3.05) is 13.7 Å². The van der Waals surface area contributed by atoms with Crippen LogP contribution in [0.2, 0.25) is 0 Å². The Balaban J connectivity index is 3.49. The summed E-state index contributed by atoms with van der Waals surface area (Å²) in [6.07, 6.45) is 2.96. The van der Waals surface area contributed by atoms with Crippen LogP contribution >= 0.6 is 0 Å². The van der Waals surface area contributed by atoms with E-state index in [0.29, 0.717) is 6.54 Å². The molecule has 0 spiro atoms. The molecule has 0 aliphatic heterocycles. The summed E-state index contributed by atoms with van der Waals surface area (Å²) in [4.78, 5) is 0. The predicted molar refractivity (Wildman–Crippen MR) is 34.4 cm³/mol. The molecule has 0 aromatic heterocycles. The van der Waals surface area contributed by atoms with Crippen LogP contribution in [0.3, 0.4) is 0 Å². The molecule has 0 aromatic rings. The molecule has 0 aromatic carbocycles. The van der Waals surface area contributed by atoms with Gasteiger partial charge in [0.15, 0.2) is 0 Å². The first-order valence-corrected chi connectivity index (χ1v) is 2.78. The average Bonchev–Trinajstić information content (AvgIpc) is 1.83. The largest absolute Gasteiger partial charge is 0.500 e. The lowest BCUT2D eigenvalue weighted by atomic mass is 10.4. The van der Waals surface area contributed by atoms with Gasteiger partial charge in [0, 0.05) is 0 Å². The van der Waals surface area contributed by atoms with Gasteiger partial charge in [-0.25, -0.2) is 0 Å². The molecule has 0 radical (unpaired) electrons. The molecule has 2 N–H and O–H groups in total. The van der Waals surface area contributed by atoms with Crippen molar-refractivity contribution in [2.24, 2.45) is 5.73 Å². The quantitative estimate of drug-likeness (QED) is 0.554. The van der Waals surface area contributed by atoms with Crippen molar-refractivity contribution >= 4 is 0 Å². The maximum atomic E-state index is 5.28. The highest BCUT2D eigenvalue weighted by Gasteiger charge is 1.85. The summed E-state index contributed by atoms with van der Waals surface area (Å²) in [5, 5.41) is 0. The summed E-state index contributed by atoms with van der Waals surface area (Å²) in [7, 11) is 1.63. The smallest absolute Gasteiger partial charge is 0.105 e. The number of allylic oxidation sites excluding steroid dienone is 1. The van der Waals surface area contributed by atoms with E-state index in [1.807, 2.05) is 6.08 Å². The number of hydrogen-bond acceptors (Lipinski definition) is 2. The lowest BCUT2D eigenvalue weighted by molar-refractivity contribution is 0.285. The summed E-state index contributed by atoms with van der Waals surface area (Å²) in [6.45, 7) is 2.55. The summed E-state index contributed by atoms with van der Waals surface area (Å²) in [6, 6.07) is 0. The van der Waals surface area contributed by atoms with Crippen molar-refractivity contribution in [3.8, 4) is 0 Å². The molecule has 0 aliphatic carbocycles. The standard InChI is InChI=1S/C6H13NO/c1-3-4-6(5-7)8-2/h4H,3,5,7H2,1-2H3/b6-4-. The molecular formula is C6H13NO. The molecule has 2 nitrogen and oxygen atoms in total. The van der Waals surface area contributed by atoms with Crippen LogP contribution in [-0.4, -0.2) is 13.7 Å². The van der Waals surface area contributed by atoms with E-state index in [1.165, 1.54) is 0 Å². The van der Waals surface area contributed by atoms with Gasteiger partial charge in [-0.15, -0.1) is 0 Å². The minimum atomic E-state index is 0.504. The molecule has 2 heteroatoms. The third-order valence-corrected chi connectivity index (χ3v) is 0.895. The van der Waals surface area contributed by atoms with Crippen molar-refractivity contribution in [2.45, 2.75) is 13.3 Å². The van der Waals surface area contributed by atoms with Crippen molar-refractivity contribution in [1.82, 2.24) is 0 Å². The fourth-order valence-corrected chi connectivity index (χ4v) is 0.478. The lowest BCUT2D eigenvalue weighted by Gasteiger charge is -1.99. The van der Waals surface area contributed by atoms with Crippen LogP contribution in [0.4, 0.5) is 0 Å². The number of ether oxygens (including phenoxy) is 1. The van der Waals surface area contributed by atoms with Crippen LogP contribution in [0.15, 0.2) is 11.8 Å². The molecule has 0 unspecified atom stereocenters. The predicted octanol–water partition coefficient (Wildman–Crippen LogP) is 0.885. The Bertz CT molecular complexity index is 72.6. The van der Waals surface area contributed by atoms with E-state index in [-0.39, 0.29) is 0 Å².